The lowest BCUT2D eigenvalue weighted by atomic mass is 10.3. The van der Waals surface area contributed by atoms with Crippen molar-refractivity contribution in [2.75, 3.05) is 11.9 Å². The highest BCUT2D eigenvalue weighted by molar-refractivity contribution is 7.14. The van der Waals surface area contributed by atoms with E-state index in [4.69, 9.17) is 5.73 Å². The predicted octanol–water partition coefficient (Wildman–Crippen LogP) is 1.02. The minimum atomic E-state index is -0.286. The highest BCUT2D eigenvalue weighted by Crippen LogP contribution is 2.15. The second kappa shape index (κ2) is 9.09. The molecule has 1 aromatic rings. The average molecular weight is 315 g/mol. The van der Waals surface area contributed by atoms with Gasteiger partial charge in [-0.2, -0.15) is 0 Å². The van der Waals surface area contributed by atoms with Crippen LogP contribution in [0.5, 0.6) is 0 Å². The Morgan fingerprint density at radius 2 is 2.11 bits per heavy atom. The molecule has 2 amide bonds. The van der Waals surface area contributed by atoms with Crippen molar-refractivity contribution in [3.8, 4) is 0 Å². The quantitative estimate of drug-likeness (QED) is 0.773. The van der Waals surface area contributed by atoms with Gasteiger partial charge in [0.25, 0.3) is 5.91 Å². The van der Waals surface area contributed by atoms with Crippen molar-refractivity contribution < 1.29 is 9.59 Å². The Labute approximate surface area is 122 Å². The van der Waals surface area contributed by atoms with Gasteiger partial charge in [-0.25, -0.2) is 4.98 Å². The second-order valence-electron chi connectivity index (χ2n) is 3.33. The van der Waals surface area contributed by atoms with Crippen LogP contribution in [-0.2, 0) is 4.79 Å². The van der Waals surface area contributed by atoms with Gasteiger partial charge in [-0.3, -0.25) is 9.59 Å². The summed E-state index contributed by atoms with van der Waals surface area (Å²) in [6, 6.07) is -0.0987. The molecule has 0 spiro atoms. The summed E-state index contributed by atoms with van der Waals surface area (Å²) >= 11 is 1.21. The van der Waals surface area contributed by atoms with E-state index in [1.165, 1.54) is 18.3 Å². The van der Waals surface area contributed by atoms with Crippen LogP contribution in [0.1, 0.15) is 24.3 Å². The number of anilines is 1. The van der Waals surface area contributed by atoms with Gasteiger partial charge < -0.3 is 16.4 Å². The van der Waals surface area contributed by atoms with E-state index >= 15 is 0 Å². The van der Waals surface area contributed by atoms with Crippen LogP contribution in [0.25, 0.3) is 0 Å². The summed E-state index contributed by atoms with van der Waals surface area (Å²) in [7, 11) is 0. The van der Waals surface area contributed by atoms with Crippen LogP contribution in [-0.4, -0.2) is 29.4 Å². The van der Waals surface area contributed by atoms with E-state index in [2.05, 4.69) is 15.6 Å². The molecule has 0 aliphatic heterocycles. The van der Waals surface area contributed by atoms with E-state index in [1.54, 1.807) is 12.3 Å². The fraction of sp³-hybridized carbons (Fsp3) is 0.444. The van der Waals surface area contributed by atoms with Gasteiger partial charge in [0.2, 0.25) is 5.91 Å². The smallest absolute Gasteiger partial charge is 0.271 e. The van der Waals surface area contributed by atoms with Crippen molar-refractivity contribution in [2.24, 2.45) is 5.73 Å². The normalized spacial score (nSPS) is 10.6. The van der Waals surface area contributed by atoms with Crippen LogP contribution >= 0.6 is 36.2 Å². The Morgan fingerprint density at radius 3 is 2.61 bits per heavy atom. The molecule has 104 valence electrons. The summed E-state index contributed by atoms with van der Waals surface area (Å²) in [6.45, 7) is 3.56. The number of hydrogen-bond acceptors (Lipinski definition) is 5. The van der Waals surface area contributed by atoms with E-state index in [0.717, 1.165) is 0 Å². The number of nitrogens with zero attached hydrogens (tertiary/aromatic N) is 1. The van der Waals surface area contributed by atoms with E-state index < -0.39 is 0 Å². The van der Waals surface area contributed by atoms with Crippen LogP contribution in [0.3, 0.4) is 0 Å². The number of amides is 2. The Kier molecular flexibility index (Phi) is 9.83. The van der Waals surface area contributed by atoms with Gasteiger partial charge in [0.1, 0.15) is 5.69 Å². The Bertz CT molecular complexity index is 400. The predicted molar refractivity (Wildman–Crippen MR) is 76.9 cm³/mol. The molecular weight excluding hydrogens is 299 g/mol. The molecule has 1 heterocycles. The standard InChI is InChI=1S/C9H14N4O2S.2ClH/c1-5(3-10)11-8(15)7-4-16-9(13-7)12-6(2)14;;/h4-5H,3,10H2,1-2H3,(H,11,15)(H,12,13,14);2*1H/t5-;;/m0../s1. The van der Waals surface area contributed by atoms with Crippen molar-refractivity contribution in [1.82, 2.24) is 10.3 Å². The van der Waals surface area contributed by atoms with Gasteiger partial charge >= 0.3 is 0 Å². The molecule has 0 radical (unpaired) electrons. The zero-order valence-electron chi connectivity index (χ0n) is 9.93. The van der Waals surface area contributed by atoms with Crippen molar-refractivity contribution in [2.45, 2.75) is 19.9 Å². The van der Waals surface area contributed by atoms with Gasteiger partial charge in [-0.1, -0.05) is 0 Å². The third-order valence-corrected chi connectivity index (χ3v) is 2.51. The van der Waals surface area contributed by atoms with E-state index in [-0.39, 0.29) is 48.4 Å². The summed E-state index contributed by atoms with van der Waals surface area (Å²) in [5.41, 5.74) is 5.67. The Hall–Kier alpha value is -0.890. The van der Waals surface area contributed by atoms with Crippen LogP contribution in [0.15, 0.2) is 5.38 Å². The molecule has 0 fully saturated rings. The van der Waals surface area contributed by atoms with E-state index in [9.17, 15) is 9.59 Å². The maximum atomic E-state index is 11.6. The number of thiazole rings is 1. The average Bonchev–Trinajstić information content (AvgIpc) is 2.65. The number of nitrogens with two attached hydrogens (primary N) is 1. The van der Waals surface area contributed by atoms with Crippen LogP contribution in [0.2, 0.25) is 0 Å². The maximum absolute atomic E-state index is 11.6. The summed E-state index contributed by atoms with van der Waals surface area (Å²) in [5, 5.41) is 7.19. The van der Waals surface area contributed by atoms with E-state index in [1.807, 2.05) is 0 Å². The van der Waals surface area contributed by atoms with Gasteiger partial charge in [-0.05, 0) is 6.92 Å². The summed E-state index contributed by atoms with van der Waals surface area (Å²) in [6.07, 6.45) is 0. The number of nitrogens with one attached hydrogen (secondary N) is 2. The first-order valence-corrected chi connectivity index (χ1v) is 5.65. The van der Waals surface area contributed by atoms with Gasteiger partial charge in [0.05, 0.1) is 0 Å². The molecule has 9 heteroatoms. The number of halogens is 2. The molecule has 0 saturated carbocycles. The minimum absolute atomic E-state index is 0. The lowest BCUT2D eigenvalue weighted by molar-refractivity contribution is -0.114. The third-order valence-electron chi connectivity index (χ3n) is 1.75. The number of rotatable bonds is 4. The van der Waals surface area contributed by atoms with Crippen LogP contribution in [0, 0.1) is 0 Å². The molecule has 4 N–H and O–H groups in total. The molecule has 0 unspecified atom stereocenters. The zero-order chi connectivity index (χ0) is 12.1. The largest absolute Gasteiger partial charge is 0.347 e. The first-order valence-electron chi connectivity index (χ1n) is 4.77. The Balaban J connectivity index is 0. The summed E-state index contributed by atoms with van der Waals surface area (Å²) in [5.74, 6) is -0.498. The summed E-state index contributed by atoms with van der Waals surface area (Å²) in [4.78, 5) is 26.3. The molecule has 18 heavy (non-hydrogen) atoms. The minimum Gasteiger partial charge on any atom is -0.347 e. The number of hydrogen-bond donors (Lipinski definition) is 3. The monoisotopic (exact) mass is 314 g/mol. The molecule has 0 saturated heterocycles. The number of carbonyl (C=O) groups is 2. The highest BCUT2D eigenvalue weighted by atomic mass is 35.5. The Morgan fingerprint density at radius 1 is 1.50 bits per heavy atom. The first-order chi connectivity index (χ1) is 7.52. The zero-order valence-corrected chi connectivity index (χ0v) is 12.4. The van der Waals surface area contributed by atoms with E-state index in [0.29, 0.717) is 11.7 Å². The van der Waals surface area contributed by atoms with Crippen molar-refractivity contribution >= 4 is 53.1 Å². The lowest BCUT2D eigenvalue weighted by Crippen LogP contribution is -2.37. The lowest BCUT2D eigenvalue weighted by Gasteiger charge is -2.09. The van der Waals surface area contributed by atoms with Gasteiger partial charge in [-0.15, -0.1) is 36.2 Å². The number of carbonyl (C=O) groups excluding carboxylic acids is 2. The fourth-order valence-corrected chi connectivity index (χ4v) is 1.68. The molecule has 0 aromatic carbocycles. The molecule has 6 nitrogen and oxygen atoms in total. The SMILES string of the molecule is CC(=O)Nc1nc(C(=O)N[C@@H](C)CN)cs1.Cl.Cl. The van der Waals surface area contributed by atoms with Gasteiger partial charge in [0, 0.05) is 24.9 Å². The molecular formula is C9H16Cl2N4O2S. The topological polar surface area (TPSA) is 97.1 Å². The molecule has 1 atom stereocenters. The van der Waals surface area contributed by atoms with Crippen molar-refractivity contribution in [3.63, 3.8) is 0 Å². The molecule has 1 rings (SSSR count). The summed E-state index contributed by atoms with van der Waals surface area (Å²) < 4.78 is 0. The fourth-order valence-electron chi connectivity index (χ4n) is 0.943. The third kappa shape index (κ3) is 6.15. The van der Waals surface area contributed by atoms with Crippen LogP contribution < -0.4 is 16.4 Å². The van der Waals surface area contributed by atoms with Crippen LogP contribution in [0.4, 0.5) is 5.13 Å². The maximum Gasteiger partial charge on any atom is 0.271 e. The number of aromatic nitrogens is 1. The molecule has 0 bridgehead atoms. The van der Waals surface area contributed by atoms with Gasteiger partial charge in [0.15, 0.2) is 5.13 Å². The first kappa shape index (κ1) is 19.4. The van der Waals surface area contributed by atoms with Crippen molar-refractivity contribution in [3.05, 3.63) is 11.1 Å². The molecule has 0 aliphatic rings. The van der Waals surface area contributed by atoms with Crippen molar-refractivity contribution in [1.29, 1.82) is 0 Å². The molecule has 0 aliphatic carbocycles. The molecule has 1 aromatic heterocycles. The highest BCUT2D eigenvalue weighted by Gasteiger charge is 2.12. The second-order valence-corrected chi connectivity index (χ2v) is 4.19.